The van der Waals surface area contributed by atoms with E-state index in [1.54, 1.807) is 62.4 Å². The normalized spacial score (nSPS) is 14.8. The van der Waals surface area contributed by atoms with E-state index in [4.69, 9.17) is 4.74 Å². The SMILES string of the molecule is CC(C)C(NS(=O)(=O)C=Cc1ccccc1)C(=O)OCCN1C(=O)c2ccccc2C1=O. The number of hydrogen-bond acceptors (Lipinski definition) is 6. The molecule has 0 aromatic heterocycles. The summed E-state index contributed by atoms with van der Waals surface area (Å²) in [6.07, 6.45) is 1.42. The van der Waals surface area contributed by atoms with Gasteiger partial charge in [0.05, 0.1) is 17.7 Å². The minimum atomic E-state index is -3.91. The summed E-state index contributed by atoms with van der Waals surface area (Å²) in [4.78, 5) is 38.3. The maximum absolute atomic E-state index is 12.5. The van der Waals surface area contributed by atoms with Gasteiger partial charge in [-0.15, -0.1) is 0 Å². The molecule has 168 valence electrons. The average Bonchev–Trinajstić information content (AvgIpc) is 3.02. The molecule has 0 saturated carbocycles. The molecule has 1 unspecified atom stereocenters. The van der Waals surface area contributed by atoms with Crippen LogP contribution in [-0.2, 0) is 19.6 Å². The summed E-state index contributed by atoms with van der Waals surface area (Å²) < 4.78 is 32.4. The van der Waals surface area contributed by atoms with Gasteiger partial charge in [-0.05, 0) is 29.7 Å². The lowest BCUT2D eigenvalue weighted by Gasteiger charge is -2.21. The van der Waals surface area contributed by atoms with Gasteiger partial charge in [-0.1, -0.05) is 56.3 Å². The van der Waals surface area contributed by atoms with Crippen molar-refractivity contribution < 1.29 is 27.5 Å². The molecule has 0 aliphatic carbocycles. The van der Waals surface area contributed by atoms with Crippen LogP contribution < -0.4 is 4.72 Å². The van der Waals surface area contributed by atoms with E-state index in [1.165, 1.54) is 6.08 Å². The first-order chi connectivity index (χ1) is 15.2. The highest BCUT2D eigenvalue weighted by Gasteiger charge is 2.35. The zero-order chi connectivity index (χ0) is 23.3. The quantitative estimate of drug-likeness (QED) is 0.458. The summed E-state index contributed by atoms with van der Waals surface area (Å²) in [5.74, 6) is -2.07. The summed E-state index contributed by atoms with van der Waals surface area (Å²) in [5, 5.41) is 0.990. The summed E-state index contributed by atoms with van der Waals surface area (Å²) in [6, 6.07) is 14.2. The number of carbonyl (C=O) groups excluding carboxylic acids is 3. The summed E-state index contributed by atoms with van der Waals surface area (Å²) in [5.41, 5.74) is 1.31. The molecule has 1 aliphatic heterocycles. The van der Waals surface area contributed by atoms with Gasteiger partial charge in [0.2, 0.25) is 10.0 Å². The fourth-order valence-electron chi connectivity index (χ4n) is 3.17. The molecule has 32 heavy (non-hydrogen) atoms. The van der Waals surface area contributed by atoms with Crippen LogP contribution in [0.4, 0.5) is 0 Å². The minimum absolute atomic E-state index is 0.121. The first kappa shape index (κ1) is 23.4. The lowest BCUT2D eigenvalue weighted by molar-refractivity contribution is -0.147. The molecule has 2 aromatic carbocycles. The van der Waals surface area contributed by atoms with Crippen LogP contribution in [0.25, 0.3) is 6.08 Å². The number of hydrogen-bond donors (Lipinski definition) is 1. The maximum atomic E-state index is 12.5. The van der Waals surface area contributed by atoms with Crippen LogP contribution >= 0.6 is 0 Å². The van der Waals surface area contributed by atoms with Gasteiger partial charge in [0.25, 0.3) is 11.8 Å². The molecule has 3 rings (SSSR count). The third-order valence-corrected chi connectivity index (χ3v) is 5.97. The number of carbonyl (C=O) groups is 3. The lowest BCUT2D eigenvalue weighted by Crippen LogP contribution is -2.45. The van der Waals surface area contributed by atoms with Crippen LogP contribution in [-0.4, -0.2) is 50.3 Å². The van der Waals surface area contributed by atoms with Gasteiger partial charge in [-0.3, -0.25) is 19.3 Å². The molecule has 0 fully saturated rings. The number of imide groups is 1. The zero-order valence-electron chi connectivity index (χ0n) is 17.7. The molecule has 0 spiro atoms. The number of esters is 1. The fourth-order valence-corrected chi connectivity index (χ4v) is 4.31. The molecule has 8 nitrogen and oxygen atoms in total. The molecule has 2 aromatic rings. The number of nitrogens with one attached hydrogen (secondary N) is 1. The van der Waals surface area contributed by atoms with Gasteiger partial charge < -0.3 is 4.74 Å². The van der Waals surface area contributed by atoms with E-state index in [1.807, 2.05) is 6.07 Å². The second-order valence-electron chi connectivity index (χ2n) is 7.57. The van der Waals surface area contributed by atoms with Crippen LogP contribution in [0.15, 0.2) is 60.0 Å². The molecule has 0 saturated heterocycles. The Kier molecular flexibility index (Phi) is 7.22. The van der Waals surface area contributed by atoms with Crippen molar-refractivity contribution in [2.24, 2.45) is 5.92 Å². The van der Waals surface area contributed by atoms with Gasteiger partial charge >= 0.3 is 5.97 Å². The van der Waals surface area contributed by atoms with Crippen LogP contribution in [0.2, 0.25) is 0 Å². The third-order valence-electron chi connectivity index (χ3n) is 4.89. The number of benzene rings is 2. The highest BCUT2D eigenvalue weighted by molar-refractivity contribution is 7.92. The second kappa shape index (κ2) is 9.88. The number of amides is 2. The van der Waals surface area contributed by atoms with Crippen molar-refractivity contribution in [3.05, 3.63) is 76.7 Å². The number of sulfonamides is 1. The van der Waals surface area contributed by atoms with Gasteiger partial charge in [-0.25, -0.2) is 8.42 Å². The maximum Gasteiger partial charge on any atom is 0.324 e. The Labute approximate surface area is 186 Å². The van der Waals surface area contributed by atoms with Crippen molar-refractivity contribution in [2.45, 2.75) is 19.9 Å². The molecule has 1 atom stereocenters. The standard InChI is InChI=1S/C23H24N2O6S/c1-16(2)20(24-32(29,30)15-12-17-8-4-3-5-9-17)23(28)31-14-13-25-21(26)18-10-6-7-11-19(18)22(25)27/h3-12,15-16,20,24H,13-14H2,1-2H3. The Bertz CT molecular complexity index is 1110. The van der Waals surface area contributed by atoms with E-state index in [2.05, 4.69) is 4.72 Å². The van der Waals surface area contributed by atoms with Gasteiger partial charge in [0.1, 0.15) is 12.6 Å². The Morgan fingerprint density at radius 2 is 1.56 bits per heavy atom. The van der Waals surface area contributed by atoms with E-state index in [-0.39, 0.29) is 19.1 Å². The predicted molar refractivity (Wildman–Crippen MR) is 119 cm³/mol. The summed E-state index contributed by atoms with van der Waals surface area (Å²) in [7, 11) is -3.91. The third kappa shape index (κ3) is 5.49. The molecule has 2 amide bonds. The van der Waals surface area contributed by atoms with E-state index < -0.39 is 33.8 Å². The average molecular weight is 457 g/mol. The van der Waals surface area contributed by atoms with Crippen LogP contribution in [0.1, 0.15) is 40.1 Å². The topological polar surface area (TPSA) is 110 Å². The van der Waals surface area contributed by atoms with Crippen LogP contribution in [0.5, 0.6) is 0 Å². The van der Waals surface area contributed by atoms with E-state index in [0.29, 0.717) is 16.7 Å². The van der Waals surface area contributed by atoms with Crippen molar-refractivity contribution in [1.29, 1.82) is 0 Å². The van der Waals surface area contributed by atoms with Crippen LogP contribution in [0.3, 0.4) is 0 Å². The largest absolute Gasteiger partial charge is 0.463 e. The zero-order valence-corrected chi connectivity index (χ0v) is 18.5. The Morgan fingerprint density at radius 3 is 2.12 bits per heavy atom. The molecular weight excluding hydrogens is 432 g/mol. The number of fused-ring (bicyclic) bond motifs is 1. The highest BCUT2D eigenvalue weighted by atomic mass is 32.2. The van der Waals surface area contributed by atoms with Crippen molar-refractivity contribution in [1.82, 2.24) is 9.62 Å². The molecule has 0 bridgehead atoms. The van der Waals surface area contributed by atoms with Crippen LogP contribution in [0, 0.1) is 5.92 Å². The smallest absolute Gasteiger partial charge is 0.324 e. The number of ether oxygens (including phenoxy) is 1. The summed E-state index contributed by atoms with van der Waals surface area (Å²) in [6.45, 7) is 3.00. The van der Waals surface area contributed by atoms with Crippen molar-refractivity contribution in [2.75, 3.05) is 13.2 Å². The molecule has 0 radical (unpaired) electrons. The molecule has 1 N–H and O–H groups in total. The first-order valence-electron chi connectivity index (χ1n) is 10.1. The predicted octanol–water partition coefficient (Wildman–Crippen LogP) is 2.44. The first-order valence-corrected chi connectivity index (χ1v) is 11.6. The monoisotopic (exact) mass is 456 g/mol. The Balaban J connectivity index is 1.58. The highest BCUT2D eigenvalue weighted by Crippen LogP contribution is 2.22. The minimum Gasteiger partial charge on any atom is -0.463 e. The second-order valence-corrected chi connectivity index (χ2v) is 9.17. The number of rotatable bonds is 9. The van der Waals surface area contributed by atoms with Crippen molar-refractivity contribution in [3.63, 3.8) is 0 Å². The van der Waals surface area contributed by atoms with E-state index in [9.17, 15) is 22.8 Å². The molecule has 1 heterocycles. The molecule has 1 aliphatic rings. The van der Waals surface area contributed by atoms with Crippen molar-refractivity contribution in [3.8, 4) is 0 Å². The molecule has 9 heteroatoms. The van der Waals surface area contributed by atoms with E-state index in [0.717, 1.165) is 10.3 Å². The fraction of sp³-hybridized carbons (Fsp3) is 0.261. The van der Waals surface area contributed by atoms with Gasteiger partial charge in [-0.2, -0.15) is 4.72 Å². The van der Waals surface area contributed by atoms with Gasteiger partial charge in [0.15, 0.2) is 0 Å². The molecular formula is C23H24N2O6S. The Morgan fingerprint density at radius 1 is 1.00 bits per heavy atom. The van der Waals surface area contributed by atoms with E-state index >= 15 is 0 Å². The number of nitrogens with zero attached hydrogens (tertiary/aromatic N) is 1. The summed E-state index contributed by atoms with van der Waals surface area (Å²) >= 11 is 0. The lowest BCUT2D eigenvalue weighted by atomic mass is 10.1. The van der Waals surface area contributed by atoms with Crippen molar-refractivity contribution >= 4 is 33.9 Å². The van der Waals surface area contributed by atoms with Gasteiger partial charge in [0, 0.05) is 5.41 Å². The Hall–Kier alpha value is -3.30.